The minimum Gasteiger partial charge on any atom is -0.487 e. The van der Waals surface area contributed by atoms with Gasteiger partial charge in [-0.05, 0) is 25.5 Å². The Hall–Kier alpha value is -1.51. The van der Waals surface area contributed by atoms with Crippen LogP contribution in [-0.2, 0) is 9.53 Å². The highest BCUT2D eigenvalue weighted by molar-refractivity contribution is 5.71. The number of rotatable bonds is 6. The molecule has 0 fully saturated rings. The Bertz CT molecular complexity index is 335. The van der Waals surface area contributed by atoms with E-state index in [1.165, 1.54) is 0 Å². The van der Waals surface area contributed by atoms with Crippen LogP contribution in [0.1, 0.15) is 27.2 Å². The molecule has 0 spiro atoms. The summed E-state index contributed by atoms with van der Waals surface area (Å²) in [5.41, 5.74) is 0. The molecule has 0 aliphatic carbocycles. The third-order valence-electron chi connectivity index (χ3n) is 2.56. The fourth-order valence-corrected chi connectivity index (χ4v) is 1.27. The maximum atomic E-state index is 11.5. The first kappa shape index (κ1) is 13.6. The average molecular weight is 236 g/mol. The van der Waals surface area contributed by atoms with Gasteiger partial charge in [0.2, 0.25) is 0 Å². The standard InChI is InChI=1S/C14H20O3/c1-4-11(2)14(15)16-10-12(3)17-13-8-6-5-7-9-13/h5-9,11-12H,4,10H2,1-3H3. The van der Waals surface area contributed by atoms with Crippen molar-refractivity contribution in [3.63, 3.8) is 0 Å². The molecule has 0 radical (unpaired) electrons. The largest absolute Gasteiger partial charge is 0.487 e. The molecular formula is C14H20O3. The third kappa shape index (κ3) is 4.89. The van der Waals surface area contributed by atoms with Crippen molar-refractivity contribution in [1.82, 2.24) is 0 Å². The van der Waals surface area contributed by atoms with Crippen molar-refractivity contribution >= 4 is 5.97 Å². The highest BCUT2D eigenvalue weighted by Crippen LogP contribution is 2.11. The second kappa shape index (κ2) is 6.94. The van der Waals surface area contributed by atoms with Crippen LogP contribution in [0.3, 0.4) is 0 Å². The topological polar surface area (TPSA) is 35.5 Å². The predicted molar refractivity (Wildman–Crippen MR) is 66.9 cm³/mol. The second-order valence-corrected chi connectivity index (χ2v) is 4.18. The van der Waals surface area contributed by atoms with E-state index in [2.05, 4.69) is 0 Å². The van der Waals surface area contributed by atoms with Crippen molar-refractivity contribution in [3.05, 3.63) is 30.3 Å². The van der Waals surface area contributed by atoms with Crippen LogP contribution in [0.4, 0.5) is 0 Å². The number of esters is 1. The van der Waals surface area contributed by atoms with Crippen LogP contribution in [-0.4, -0.2) is 18.7 Å². The first-order valence-electron chi connectivity index (χ1n) is 6.01. The lowest BCUT2D eigenvalue weighted by molar-refractivity contribution is -0.150. The van der Waals surface area contributed by atoms with E-state index in [4.69, 9.17) is 9.47 Å². The van der Waals surface area contributed by atoms with Crippen LogP contribution in [0.15, 0.2) is 30.3 Å². The van der Waals surface area contributed by atoms with E-state index in [-0.39, 0.29) is 24.6 Å². The maximum absolute atomic E-state index is 11.5. The van der Waals surface area contributed by atoms with Gasteiger partial charge in [-0.2, -0.15) is 0 Å². The quantitative estimate of drug-likeness (QED) is 0.712. The normalized spacial score (nSPS) is 13.8. The molecule has 0 aliphatic rings. The molecule has 0 bridgehead atoms. The zero-order valence-corrected chi connectivity index (χ0v) is 10.7. The number of carbonyl (C=O) groups excluding carboxylic acids is 1. The van der Waals surface area contributed by atoms with E-state index < -0.39 is 0 Å². The summed E-state index contributed by atoms with van der Waals surface area (Å²) < 4.78 is 10.8. The SMILES string of the molecule is CCC(C)C(=O)OCC(C)Oc1ccccc1. The number of hydrogen-bond acceptors (Lipinski definition) is 3. The highest BCUT2D eigenvalue weighted by Gasteiger charge is 2.14. The molecule has 94 valence electrons. The van der Waals surface area contributed by atoms with Gasteiger partial charge in [-0.3, -0.25) is 4.79 Å². The summed E-state index contributed by atoms with van der Waals surface area (Å²) in [4.78, 5) is 11.5. The number of carbonyl (C=O) groups is 1. The lowest BCUT2D eigenvalue weighted by Crippen LogP contribution is -2.24. The molecular weight excluding hydrogens is 216 g/mol. The minimum atomic E-state index is -0.156. The Labute approximate surface area is 103 Å². The Morgan fingerprint density at radius 3 is 2.47 bits per heavy atom. The lowest BCUT2D eigenvalue weighted by atomic mass is 10.1. The molecule has 0 saturated carbocycles. The molecule has 2 atom stereocenters. The van der Waals surface area contributed by atoms with Crippen LogP contribution in [0.25, 0.3) is 0 Å². The first-order valence-corrected chi connectivity index (χ1v) is 6.01. The van der Waals surface area contributed by atoms with Gasteiger partial charge >= 0.3 is 5.97 Å². The number of benzene rings is 1. The minimum absolute atomic E-state index is 0.0427. The fraction of sp³-hybridized carbons (Fsp3) is 0.500. The van der Waals surface area contributed by atoms with Crippen molar-refractivity contribution in [2.24, 2.45) is 5.92 Å². The predicted octanol–water partition coefficient (Wildman–Crippen LogP) is 3.04. The molecule has 0 aliphatic heterocycles. The second-order valence-electron chi connectivity index (χ2n) is 4.18. The van der Waals surface area contributed by atoms with E-state index in [9.17, 15) is 4.79 Å². The van der Waals surface area contributed by atoms with Gasteiger partial charge in [-0.15, -0.1) is 0 Å². The molecule has 17 heavy (non-hydrogen) atoms. The molecule has 3 nitrogen and oxygen atoms in total. The van der Waals surface area contributed by atoms with Crippen LogP contribution < -0.4 is 4.74 Å². The molecule has 0 saturated heterocycles. The van der Waals surface area contributed by atoms with Gasteiger partial charge in [0.25, 0.3) is 0 Å². The number of para-hydroxylation sites is 1. The zero-order valence-electron chi connectivity index (χ0n) is 10.7. The van der Waals surface area contributed by atoms with Crippen LogP contribution >= 0.6 is 0 Å². The molecule has 1 aromatic rings. The summed E-state index contributed by atoms with van der Waals surface area (Å²) in [5.74, 6) is 0.592. The fourth-order valence-electron chi connectivity index (χ4n) is 1.27. The van der Waals surface area contributed by atoms with Gasteiger partial charge in [-0.25, -0.2) is 0 Å². The summed E-state index contributed by atoms with van der Waals surface area (Å²) in [6.45, 7) is 6.01. The molecule has 1 rings (SSSR count). The Morgan fingerprint density at radius 1 is 1.24 bits per heavy atom. The summed E-state index contributed by atoms with van der Waals surface area (Å²) in [5, 5.41) is 0. The van der Waals surface area contributed by atoms with Gasteiger partial charge in [-0.1, -0.05) is 32.0 Å². The summed E-state index contributed by atoms with van der Waals surface area (Å²) in [6.07, 6.45) is 0.664. The van der Waals surface area contributed by atoms with Gasteiger partial charge in [0, 0.05) is 0 Å². The number of hydrogen-bond donors (Lipinski definition) is 0. The monoisotopic (exact) mass is 236 g/mol. The van der Waals surface area contributed by atoms with Crippen LogP contribution in [0, 0.1) is 5.92 Å². The van der Waals surface area contributed by atoms with Crippen molar-refractivity contribution in [1.29, 1.82) is 0 Å². The van der Waals surface area contributed by atoms with E-state index in [1.807, 2.05) is 51.1 Å². The Kier molecular flexibility index (Phi) is 5.53. The van der Waals surface area contributed by atoms with Gasteiger partial charge in [0.1, 0.15) is 18.5 Å². The van der Waals surface area contributed by atoms with E-state index in [1.54, 1.807) is 0 Å². The molecule has 0 aromatic heterocycles. The smallest absolute Gasteiger partial charge is 0.308 e. The summed E-state index contributed by atoms with van der Waals surface area (Å²) in [6, 6.07) is 9.51. The maximum Gasteiger partial charge on any atom is 0.308 e. The molecule has 0 N–H and O–H groups in total. The van der Waals surface area contributed by atoms with E-state index in [0.29, 0.717) is 0 Å². The van der Waals surface area contributed by atoms with Crippen molar-refractivity contribution in [2.45, 2.75) is 33.3 Å². The highest BCUT2D eigenvalue weighted by atomic mass is 16.6. The van der Waals surface area contributed by atoms with Gasteiger partial charge < -0.3 is 9.47 Å². The Morgan fingerprint density at radius 2 is 1.88 bits per heavy atom. The van der Waals surface area contributed by atoms with E-state index in [0.717, 1.165) is 12.2 Å². The molecule has 0 heterocycles. The third-order valence-corrected chi connectivity index (χ3v) is 2.56. The molecule has 3 heteroatoms. The van der Waals surface area contributed by atoms with Gasteiger partial charge in [0.15, 0.2) is 0 Å². The van der Waals surface area contributed by atoms with Crippen molar-refractivity contribution < 1.29 is 14.3 Å². The summed E-state index contributed by atoms with van der Waals surface area (Å²) >= 11 is 0. The lowest BCUT2D eigenvalue weighted by Gasteiger charge is -2.16. The molecule has 2 unspecified atom stereocenters. The number of ether oxygens (including phenoxy) is 2. The van der Waals surface area contributed by atoms with Gasteiger partial charge in [0.05, 0.1) is 5.92 Å². The van der Waals surface area contributed by atoms with Crippen LogP contribution in [0.2, 0.25) is 0 Å². The summed E-state index contributed by atoms with van der Waals surface area (Å²) in [7, 11) is 0. The van der Waals surface area contributed by atoms with Crippen molar-refractivity contribution in [3.8, 4) is 5.75 Å². The molecule has 1 aromatic carbocycles. The Balaban J connectivity index is 2.31. The van der Waals surface area contributed by atoms with E-state index >= 15 is 0 Å². The molecule has 0 amide bonds. The van der Waals surface area contributed by atoms with Crippen LogP contribution in [0.5, 0.6) is 5.75 Å². The van der Waals surface area contributed by atoms with Crippen molar-refractivity contribution in [2.75, 3.05) is 6.61 Å². The average Bonchev–Trinajstić information content (AvgIpc) is 2.36. The first-order chi connectivity index (χ1) is 8.13. The zero-order chi connectivity index (χ0) is 12.7.